The number of aromatic nitrogens is 1. The van der Waals surface area contributed by atoms with Crippen molar-refractivity contribution in [3.05, 3.63) is 65.9 Å². The maximum absolute atomic E-state index is 12.5. The van der Waals surface area contributed by atoms with Crippen molar-refractivity contribution in [2.75, 3.05) is 7.05 Å². The molecule has 0 spiro atoms. The average molecular weight is 357 g/mol. The van der Waals surface area contributed by atoms with Gasteiger partial charge in [-0.05, 0) is 30.8 Å². The molecule has 0 saturated heterocycles. The van der Waals surface area contributed by atoms with Gasteiger partial charge < -0.3 is 9.88 Å². The highest BCUT2D eigenvalue weighted by Gasteiger charge is 2.14. The zero-order valence-electron chi connectivity index (χ0n) is 14.0. The zero-order chi connectivity index (χ0) is 18.0. The minimum absolute atomic E-state index is 0.173. The molecule has 6 nitrogen and oxygen atoms in total. The lowest BCUT2D eigenvalue weighted by Gasteiger charge is -2.07. The van der Waals surface area contributed by atoms with Crippen LogP contribution < -0.4 is 10.0 Å². The molecule has 0 fully saturated rings. The molecule has 1 heterocycles. The average Bonchev–Trinajstić information content (AvgIpc) is 2.97. The quantitative estimate of drug-likeness (QED) is 0.733. The normalized spacial score (nSPS) is 11.6. The lowest BCUT2D eigenvalue weighted by molar-refractivity contribution is 0.0952. The maximum Gasteiger partial charge on any atom is 0.253 e. The number of amides is 1. The summed E-state index contributed by atoms with van der Waals surface area (Å²) in [5.41, 5.74) is 2.29. The van der Waals surface area contributed by atoms with Gasteiger partial charge in [0.25, 0.3) is 5.91 Å². The van der Waals surface area contributed by atoms with Crippen LogP contribution in [-0.4, -0.2) is 25.9 Å². The first-order valence-electron chi connectivity index (χ1n) is 7.77. The van der Waals surface area contributed by atoms with Crippen molar-refractivity contribution in [1.29, 1.82) is 0 Å². The first-order valence-corrected chi connectivity index (χ1v) is 9.25. The smallest absolute Gasteiger partial charge is 0.253 e. The summed E-state index contributed by atoms with van der Waals surface area (Å²) in [5, 5.41) is 3.73. The number of hydrogen-bond donors (Lipinski definition) is 2. The molecule has 3 aromatic rings. The predicted octanol–water partition coefficient (Wildman–Crippen LogP) is 2.02. The summed E-state index contributed by atoms with van der Waals surface area (Å²) < 4.78 is 27.9. The highest BCUT2D eigenvalue weighted by molar-refractivity contribution is 7.89. The SMILES string of the molecule is CNS(=O)(=O)c1cccc(CNC(=O)c2cn(C)c3ccccc23)c1. The van der Waals surface area contributed by atoms with Gasteiger partial charge in [0.05, 0.1) is 10.5 Å². The largest absolute Gasteiger partial charge is 0.350 e. The molecule has 0 atom stereocenters. The number of hydrogen-bond acceptors (Lipinski definition) is 3. The van der Waals surface area contributed by atoms with Crippen LogP contribution in [0.25, 0.3) is 10.9 Å². The molecular weight excluding hydrogens is 338 g/mol. The van der Waals surface area contributed by atoms with Gasteiger partial charge >= 0.3 is 0 Å². The fourth-order valence-corrected chi connectivity index (χ4v) is 3.54. The van der Waals surface area contributed by atoms with Crippen LogP contribution in [0, 0.1) is 0 Å². The fraction of sp³-hybridized carbons (Fsp3) is 0.167. The number of aryl methyl sites for hydroxylation is 1. The summed E-state index contributed by atoms with van der Waals surface area (Å²) in [7, 11) is -0.244. The van der Waals surface area contributed by atoms with Gasteiger partial charge in [-0.1, -0.05) is 30.3 Å². The van der Waals surface area contributed by atoms with E-state index in [1.54, 1.807) is 24.4 Å². The highest BCUT2D eigenvalue weighted by Crippen LogP contribution is 2.20. The first kappa shape index (κ1) is 17.2. The van der Waals surface area contributed by atoms with Crippen LogP contribution in [0.15, 0.2) is 59.6 Å². The van der Waals surface area contributed by atoms with E-state index >= 15 is 0 Å². The van der Waals surface area contributed by atoms with Crippen molar-refractivity contribution in [2.45, 2.75) is 11.4 Å². The molecule has 0 aliphatic heterocycles. The number of nitrogens with one attached hydrogen (secondary N) is 2. The summed E-state index contributed by atoms with van der Waals surface area (Å²) in [6.07, 6.45) is 1.79. The van der Waals surface area contributed by atoms with Crippen LogP contribution >= 0.6 is 0 Å². The van der Waals surface area contributed by atoms with Crippen LogP contribution in [0.3, 0.4) is 0 Å². The van der Waals surface area contributed by atoms with Gasteiger partial charge in [0, 0.05) is 30.7 Å². The second-order valence-electron chi connectivity index (χ2n) is 5.71. The number of fused-ring (bicyclic) bond motifs is 1. The standard InChI is InChI=1S/C18H19N3O3S/c1-19-25(23,24)14-7-5-6-13(10-14)11-20-18(22)16-12-21(2)17-9-4-3-8-15(16)17/h3-10,12,19H,11H2,1-2H3,(H,20,22). The molecule has 25 heavy (non-hydrogen) atoms. The fourth-order valence-electron chi connectivity index (χ4n) is 2.74. The molecule has 0 saturated carbocycles. The Bertz CT molecular complexity index is 1040. The van der Waals surface area contributed by atoms with E-state index in [1.165, 1.54) is 13.1 Å². The first-order chi connectivity index (χ1) is 11.9. The maximum atomic E-state index is 12.5. The monoisotopic (exact) mass is 357 g/mol. The molecule has 0 aliphatic rings. The molecule has 1 amide bonds. The van der Waals surface area contributed by atoms with Crippen molar-refractivity contribution in [3.8, 4) is 0 Å². The molecule has 0 unspecified atom stereocenters. The predicted molar refractivity (Wildman–Crippen MR) is 96.8 cm³/mol. The van der Waals surface area contributed by atoms with Crippen molar-refractivity contribution < 1.29 is 13.2 Å². The lowest BCUT2D eigenvalue weighted by Crippen LogP contribution is -2.23. The van der Waals surface area contributed by atoms with E-state index in [0.29, 0.717) is 11.1 Å². The van der Waals surface area contributed by atoms with E-state index < -0.39 is 10.0 Å². The van der Waals surface area contributed by atoms with Gasteiger partial charge in [-0.15, -0.1) is 0 Å². The van der Waals surface area contributed by atoms with Gasteiger partial charge in [0.2, 0.25) is 10.0 Å². The van der Waals surface area contributed by atoms with Crippen LogP contribution in [0.1, 0.15) is 15.9 Å². The number of carbonyl (C=O) groups is 1. The number of carbonyl (C=O) groups excluding carboxylic acids is 1. The number of para-hydroxylation sites is 1. The molecule has 1 aromatic heterocycles. The molecule has 3 rings (SSSR count). The third kappa shape index (κ3) is 3.42. The van der Waals surface area contributed by atoms with E-state index in [9.17, 15) is 13.2 Å². The summed E-state index contributed by atoms with van der Waals surface area (Å²) >= 11 is 0. The van der Waals surface area contributed by atoms with Crippen LogP contribution in [0.4, 0.5) is 0 Å². The van der Waals surface area contributed by atoms with Crippen LogP contribution in [0.2, 0.25) is 0 Å². The van der Waals surface area contributed by atoms with E-state index in [1.807, 2.05) is 35.9 Å². The summed E-state index contributed by atoms with van der Waals surface area (Å²) in [6.45, 7) is 0.245. The second kappa shape index (κ2) is 6.70. The van der Waals surface area contributed by atoms with Gasteiger partial charge in [-0.2, -0.15) is 0 Å². The van der Waals surface area contributed by atoms with Gasteiger partial charge in [-0.3, -0.25) is 4.79 Å². The third-order valence-electron chi connectivity index (χ3n) is 4.07. The molecule has 130 valence electrons. The van der Waals surface area contributed by atoms with Crippen LogP contribution in [-0.2, 0) is 23.6 Å². The zero-order valence-corrected chi connectivity index (χ0v) is 14.8. The summed E-state index contributed by atoms with van der Waals surface area (Å²) in [5.74, 6) is -0.196. The Morgan fingerprint density at radius 3 is 2.64 bits per heavy atom. The van der Waals surface area contributed by atoms with Crippen molar-refractivity contribution in [2.24, 2.45) is 7.05 Å². The molecular formula is C18H19N3O3S. The Hall–Kier alpha value is -2.64. The van der Waals surface area contributed by atoms with Gasteiger partial charge in [0.15, 0.2) is 0 Å². The molecule has 7 heteroatoms. The van der Waals surface area contributed by atoms with Gasteiger partial charge in [0.1, 0.15) is 0 Å². The van der Waals surface area contributed by atoms with Gasteiger partial charge in [-0.25, -0.2) is 13.1 Å². The molecule has 2 N–H and O–H groups in total. The Morgan fingerprint density at radius 2 is 1.88 bits per heavy atom. The van der Waals surface area contributed by atoms with E-state index in [4.69, 9.17) is 0 Å². The van der Waals surface area contributed by atoms with Crippen molar-refractivity contribution in [3.63, 3.8) is 0 Å². The number of nitrogens with zero attached hydrogens (tertiary/aromatic N) is 1. The Morgan fingerprint density at radius 1 is 1.12 bits per heavy atom. The minimum Gasteiger partial charge on any atom is -0.350 e. The topological polar surface area (TPSA) is 80.2 Å². The van der Waals surface area contributed by atoms with E-state index in [-0.39, 0.29) is 17.3 Å². The van der Waals surface area contributed by atoms with Crippen molar-refractivity contribution in [1.82, 2.24) is 14.6 Å². The Labute approximate surface area is 146 Å². The Balaban J connectivity index is 1.80. The highest BCUT2D eigenvalue weighted by atomic mass is 32.2. The number of sulfonamides is 1. The van der Waals surface area contributed by atoms with Crippen molar-refractivity contribution >= 4 is 26.8 Å². The molecule has 0 aliphatic carbocycles. The second-order valence-corrected chi connectivity index (χ2v) is 7.59. The lowest BCUT2D eigenvalue weighted by atomic mass is 10.1. The summed E-state index contributed by atoms with van der Waals surface area (Å²) in [6, 6.07) is 14.2. The number of rotatable bonds is 5. The van der Waals surface area contributed by atoms with E-state index in [2.05, 4.69) is 10.0 Å². The van der Waals surface area contributed by atoms with E-state index in [0.717, 1.165) is 10.9 Å². The minimum atomic E-state index is -3.50. The molecule has 0 radical (unpaired) electrons. The Kier molecular flexibility index (Phi) is 4.61. The number of benzene rings is 2. The molecule has 2 aromatic carbocycles. The third-order valence-corrected chi connectivity index (χ3v) is 5.48. The molecule has 0 bridgehead atoms. The summed E-state index contributed by atoms with van der Waals surface area (Å²) in [4.78, 5) is 12.7. The van der Waals surface area contributed by atoms with Crippen LogP contribution in [0.5, 0.6) is 0 Å².